The summed E-state index contributed by atoms with van der Waals surface area (Å²) in [6.45, 7) is 6.41. The molecule has 0 aliphatic carbocycles. The van der Waals surface area contributed by atoms with Gasteiger partial charge in [-0.3, -0.25) is 0 Å². The summed E-state index contributed by atoms with van der Waals surface area (Å²) < 4.78 is 0. The van der Waals surface area contributed by atoms with Gasteiger partial charge in [-0.15, -0.1) is 11.3 Å². The Morgan fingerprint density at radius 1 is 1.57 bits per heavy atom. The average molecular weight is 213 g/mol. The van der Waals surface area contributed by atoms with Crippen LogP contribution in [0.3, 0.4) is 0 Å². The third-order valence-corrected chi connectivity index (χ3v) is 2.69. The fourth-order valence-electron chi connectivity index (χ4n) is 1.32. The SMILES string of the molecule is CCNCCCN(C)Cc1cscn1. The zero-order chi connectivity index (χ0) is 10.2. The Kier molecular flexibility index (Phi) is 5.75. The van der Waals surface area contributed by atoms with Gasteiger partial charge in [-0.25, -0.2) is 4.98 Å². The zero-order valence-corrected chi connectivity index (χ0v) is 9.81. The van der Waals surface area contributed by atoms with Crippen molar-refractivity contribution in [2.45, 2.75) is 19.9 Å². The van der Waals surface area contributed by atoms with Gasteiger partial charge >= 0.3 is 0 Å². The van der Waals surface area contributed by atoms with E-state index in [-0.39, 0.29) is 0 Å². The van der Waals surface area contributed by atoms with Crippen LogP contribution in [0.2, 0.25) is 0 Å². The minimum atomic E-state index is 0.968. The van der Waals surface area contributed by atoms with Crippen molar-refractivity contribution >= 4 is 11.3 Å². The van der Waals surface area contributed by atoms with Crippen molar-refractivity contribution in [1.29, 1.82) is 0 Å². The quantitative estimate of drug-likeness (QED) is 0.697. The summed E-state index contributed by atoms with van der Waals surface area (Å²) in [5.74, 6) is 0. The first-order valence-corrected chi connectivity index (χ1v) is 6.03. The van der Waals surface area contributed by atoms with Crippen LogP contribution in [0.4, 0.5) is 0 Å². The molecule has 0 aliphatic rings. The highest BCUT2D eigenvalue weighted by molar-refractivity contribution is 7.07. The molecule has 1 aromatic heterocycles. The van der Waals surface area contributed by atoms with Crippen molar-refractivity contribution < 1.29 is 0 Å². The van der Waals surface area contributed by atoms with Gasteiger partial charge in [-0.2, -0.15) is 0 Å². The zero-order valence-electron chi connectivity index (χ0n) is 8.99. The maximum absolute atomic E-state index is 4.26. The number of hydrogen-bond acceptors (Lipinski definition) is 4. The minimum absolute atomic E-state index is 0.968. The van der Waals surface area contributed by atoms with Crippen molar-refractivity contribution in [3.05, 3.63) is 16.6 Å². The summed E-state index contributed by atoms with van der Waals surface area (Å²) in [7, 11) is 2.14. The lowest BCUT2D eigenvalue weighted by Gasteiger charge is -2.14. The molecule has 0 saturated heterocycles. The standard InChI is InChI=1S/C10H19N3S/c1-3-11-5-4-6-13(2)7-10-8-14-9-12-10/h8-9,11H,3-7H2,1-2H3. The van der Waals surface area contributed by atoms with Crippen LogP contribution in [0.25, 0.3) is 0 Å². The Labute approximate surface area is 90.2 Å². The number of nitrogens with one attached hydrogen (secondary N) is 1. The van der Waals surface area contributed by atoms with Crippen molar-refractivity contribution in [2.75, 3.05) is 26.7 Å². The van der Waals surface area contributed by atoms with Crippen LogP contribution in [-0.4, -0.2) is 36.6 Å². The van der Waals surface area contributed by atoms with Crippen LogP contribution in [0.1, 0.15) is 19.0 Å². The third-order valence-electron chi connectivity index (χ3n) is 2.06. The van der Waals surface area contributed by atoms with Gasteiger partial charge in [0.25, 0.3) is 0 Å². The van der Waals surface area contributed by atoms with E-state index in [1.54, 1.807) is 11.3 Å². The van der Waals surface area contributed by atoms with Gasteiger partial charge in [-0.05, 0) is 33.1 Å². The molecule has 1 aromatic rings. The maximum Gasteiger partial charge on any atom is 0.0795 e. The molecule has 0 radical (unpaired) electrons. The fourth-order valence-corrected chi connectivity index (χ4v) is 1.87. The lowest BCUT2D eigenvalue weighted by atomic mass is 10.3. The van der Waals surface area contributed by atoms with Crippen LogP contribution in [0, 0.1) is 0 Å². The largest absolute Gasteiger partial charge is 0.317 e. The molecule has 1 rings (SSSR count). The molecule has 0 aromatic carbocycles. The molecule has 0 bridgehead atoms. The molecule has 14 heavy (non-hydrogen) atoms. The Bertz CT molecular complexity index is 223. The van der Waals surface area contributed by atoms with E-state index < -0.39 is 0 Å². The van der Waals surface area contributed by atoms with Gasteiger partial charge in [0, 0.05) is 11.9 Å². The maximum atomic E-state index is 4.26. The van der Waals surface area contributed by atoms with Crippen molar-refractivity contribution in [2.24, 2.45) is 0 Å². The van der Waals surface area contributed by atoms with E-state index in [1.165, 1.54) is 12.1 Å². The van der Waals surface area contributed by atoms with E-state index in [9.17, 15) is 0 Å². The molecule has 1 heterocycles. The van der Waals surface area contributed by atoms with Crippen LogP contribution in [0.5, 0.6) is 0 Å². The Morgan fingerprint density at radius 2 is 2.43 bits per heavy atom. The molecule has 0 saturated carbocycles. The average Bonchev–Trinajstić information content (AvgIpc) is 2.65. The molecule has 0 atom stereocenters. The van der Waals surface area contributed by atoms with Gasteiger partial charge in [0.1, 0.15) is 0 Å². The van der Waals surface area contributed by atoms with E-state index in [0.29, 0.717) is 0 Å². The summed E-state index contributed by atoms with van der Waals surface area (Å²) in [6.07, 6.45) is 1.20. The molecule has 0 unspecified atom stereocenters. The second kappa shape index (κ2) is 6.92. The summed E-state index contributed by atoms with van der Waals surface area (Å²) in [5, 5.41) is 5.43. The van der Waals surface area contributed by atoms with Gasteiger partial charge in [0.15, 0.2) is 0 Å². The summed E-state index contributed by atoms with van der Waals surface area (Å²) in [6, 6.07) is 0. The molecule has 1 N–H and O–H groups in total. The first-order valence-electron chi connectivity index (χ1n) is 5.09. The van der Waals surface area contributed by atoms with Gasteiger partial charge < -0.3 is 10.2 Å². The molecule has 0 fully saturated rings. The number of thiazole rings is 1. The minimum Gasteiger partial charge on any atom is -0.317 e. The molecule has 80 valence electrons. The smallest absolute Gasteiger partial charge is 0.0795 e. The van der Waals surface area contributed by atoms with E-state index in [0.717, 1.165) is 26.2 Å². The highest BCUT2D eigenvalue weighted by atomic mass is 32.1. The lowest BCUT2D eigenvalue weighted by Crippen LogP contribution is -2.23. The summed E-state index contributed by atoms with van der Waals surface area (Å²) in [4.78, 5) is 6.57. The topological polar surface area (TPSA) is 28.2 Å². The summed E-state index contributed by atoms with van der Waals surface area (Å²) in [5.41, 5.74) is 3.07. The van der Waals surface area contributed by atoms with E-state index in [4.69, 9.17) is 0 Å². The predicted octanol–water partition coefficient (Wildman–Crippen LogP) is 1.57. The van der Waals surface area contributed by atoms with Crippen molar-refractivity contribution in [3.63, 3.8) is 0 Å². The second-order valence-corrected chi connectivity index (χ2v) is 4.14. The molecular formula is C10H19N3S. The lowest BCUT2D eigenvalue weighted by molar-refractivity contribution is 0.317. The number of nitrogens with zero attached hydrogens (tertiary/aromatic N) is 2. The van der Waals surface area contributed by atoms with E-state index in [2.05, 4.69) is 34.6 Å². The second-order valence-electron chi connectivity index (χ2n) is 3.42. The molecule has 0 aliphatic heterocycles. The highest BCUT2D eigenvalue weighted by Gasteiger charge is 2.00. The Morgan fingerprint density at radius 3 is 3.07 bits per heavy atom. The highest BCUT2D eigenvalue weighted by Crippen LogP contribution is 2.03. The van der Waals surface area contributed by atoms with E-state index >= 15 is 0 Å². The van der Waals surface area contributed by atoms with Crippen molar-refractivity contribution in [1.82, 2.24) is 15.2 Å². The van der Waals surface area contributed by atoms with Gasteiger partial charge in [0.05, 0.1) is 11.2 Å². The predicted molar refractivity (Wildman–Crippen MR) is 61.6 cm³/mol. The Hall–Kier alpha value is -0.450. The van der Waals surface area contributed by atoms with Crippen molar-refractivity contribution in [3.8, 4) is 0 Å². The third kappa shape index (κ3) is 4.69. The number of aromatic nitrogens is 1. The van der Waals surface area contributed by atoms with E-state index in [1.807, 2.05) is 5.51 Å². The molecule has 3 nitrogen and oxygen atoms in total. The molecular weight excluding hydrogens is 194 g/mol. The normalized spacial score (nSPS) is 11.1. The number of rotatable bonds is 7. The number of hydrogen-bond donors (Lipinski definition) is 1. The fraction of sp³-hybridized carbons (Fsp3) is 0.700. The molecule has 4 heteroatoms. The molecule has 0 spiro atoms. The monoisotopic (exact) mass is 213 g/mol. The van der Waals surface area contributed by atoms with Crippen LogP contribution < -0.4 is 5.32 Å². The van der Waals surface area contributed by atoms with Gasteiger partial charge in [0.2, 0.25) is 0 Å². The first-order chi connectivity index (χ1) is 6.83. The Balaban J connectivity index is 2.07. The van der Waals surface area contributed by atoms with Crippen LogP contribution in [0.15, 0.2) is 10.9 Å². The van der Waals surface area contributed by atoms with Gasteiger partial charge in [-0.1, -0.05) is 6.92 Å². The first kappa shape index (κ1) is 11.6. The van der Waals surface area contributed by atoms with Crippen LogP contribution in [-0.2, 0) is 6.54 Å². The van der Waals surface area contributed by atoms with Crippen LogP contribution >= 0.6 is 11.3 Å². The molecule has 0 amide bonds. The summed E-state index contributed by atoms with van der Waals surface area (Å²) >= 11 is 1.66.